The largest absolute Gasteiger partial charge is 0.354 e. The summed E-state index contributed by atoms with van der Waals surface area (Å²) in [6, 6.07) is 25.5. The SMILES string of the molecule is CCCNC(=O)[C@H](Cc1ccccc1)N(Cc1ccc(Br)cc1)C(=O)CSCc1ccccc1C. The first-order valence-electron chi connectivity index (χ1n) is 12.0. The topological polar surface area (TPSA) is 49.4 Å². The normalized spacial score (nSPS) is 11.6. The molecule has 0 fully saturated rings. The van der Waals surface area contributed by atoms with Gasteiger partial charge < -0.3 is 10.2 Å². The number of nitrogens with one attached hydrogen (secondary N) is 1. The third-order valence-corrected chi connectivity index (χ3v) is 7.33. The lowest BCUT2D eigenvalue weighted by atomic mass is 10.0. The average molecular weight is 554 g/mol. The summed E-state index contributed by atoms with van der Waals surface area (Å²) in [5.41, 5.74) is 4.48. The lowest BCUT2D eigenvalue weighted by Crippen LogP contribution is -2.51. The maximum absolute atomic E-state index is 13.6. The van der Waals surface area contributed by atoms with E-state index in [0.717, 1.165) is 27.8 Å². The minimum atomic E-state index is -0.584. The molecule has 0 heterocycles. The predicted molar refractivity (Wildman–Crippen MR) is 149 cm³/mol. The molecule has 0 radical (unpaired) electrons. The summed E-state index contributed by atoms with van der Waals surface area (Å²) in [4.78, 5) is 28.7. The van der Waals surface area contributed by atoms with Crippen LogP contribution in [0.1, 0.15) is 35.6 Å². The highest BCUT2D eigenvalue weighted by molar-refractivity contribution is 9.10. The highest BCUT2D eigenvalue weighted by Crippen LogP contribution is 2.20. The van der Waals surface area contributed by atoms with Crippen molar-refractivity contribution in [1.82, 2.24) is 10.2 Å². The predicted octanol–water partition coefficient (Wildman–Crippen LogP) is 6.16. The van der Waals surface area contributed by atoms with Crippen LogP contribution < -0.4 is 5.32 Å². The molecule has 3 rings (SSSR count). The summed E-state index contributed by atoms with van der Waals surface area (Å²) in [6.07, 6.45) is 1.32. The standard InChI is InChI=1S/C29H33BrN2O2S/c1-3-17-31-29(34)27(18-23-10-5-4-6-11-23)32(19-24-13-15-26(30)16-14-24)28(33)21-35-20-25-12-8-7-9-22(25)2/h4-16,27H,3,17-21H2,1-2H3,(H,31,34)/t27-/m0/s1. The summed E-state index contributed by atoms with van der Waals surface area (Å²) in [5.74, 6) is 0.941. The zero-order chi connectivity index (χ0) is 25.0. The van der Waals surface area contributed by atoms with Crippen molar-refractivity contribution in [3.63, 3.8) is 0 Å². The third kappa shape index (κ3) is 8.55. The van der Waals surface area contributed by atoms with E-state index >= 15 is 0 Å². The van der Waals surface area contributed by atoms with Crippen molar-refractivity contribution in [2.45, 2.75) is 45.0 Å². The van der Waals surface area contributed by atoms with E-state index in [4.69, 9.17) is 0 Å². The molecule has 0 spiro atoms. The van der Waals surface area contributed by atoms with Gasteiger partial charge in [-0.15, -0.1) is 11.8 Å². The number of carbonyl (C=O) groups excluding carboxylic acids is 2. The number of hydrogen-bond donors (Lipinski definition) is 1. The number of thioether (sulfide) groups is 1. The van der Waals surface area contributed by atoms with Crippen molar-refractivity contribution in [2.75, 3.05) is 12.3 Å². The Morgan fingerprint density at radius 2 is 1.63 bits per heavy atom. The van der Waals surface area contributed by atoms with E-state index in [2.05, 4.69) is 40.3 Å². The first-order chi connectivity index (χ1) is 17.0. The fraction of sp³-hybridized carbons (Fsp3) is 0.310. The molecule has 0 aromatic heterocycles. The van der Waals surface area contributed by atoms with E-state index in [9.17, 15) is 9.59 Å². The van der Waals surface area contributed by atoms with Crippen LogP contribution in [0.25, 0.3) is 0 Å². The lowest BCUT2D eigenvalue weighted by molar-refractivity contribution is -0.139. The monoisotopic (exact) mass is 552 g/mol. The highest BCUT2D eigenvalue weighted by Gasteiger charge is 2.30. The summed E-state index contributed by atoms with van der Waals surface area (Å²) < 4.78 is 0.981. The molecular formula is C29H33BrN2O2S. The van der Waals surface area contributed by atoms with Crippen LogP contribution in [0.4, 0.5) is 0 Å². The van der Waals surface area contributed by atoms with Crippen LogP contribution >= 0.6 is 27.7 Å². The van der Waals surface area contributed by atoms with E-state index in [0.29, 0.717) is 25.3 Å². The van der Waals surface area contributed by atoms with Gasteiger partial charge in [-0.3, -0.25) is 9.59 Å². The Labute approximate surface area is 221 Å². The molecule has 184 valence electrons. The molecule has 0 bridgehead atoms. The van der Waals surface area contributed by atoms with Gasteiger partial charge in [-0.1, -0.05) is 89.6 Å². The second-order valence-corrected chi connectivity index (χ2v) is 10.5. The average Bonchev–Trinajstić information content (AvgIpc) is 2.87. The van der Waals surface area contributed by atoms with Crippen molar-refractivity contribution < 1.29 is 9.59 Å². The van der Waals surface area contributed by atoms with Crippen LogP contribution in [0.3, 0.4) is 0 Å². The fourth-order valence-electron chi connectivity index (χ4n) is 3.81. The van der Waals surface area contributed by atoms with E-state index in [-0.39, 0.29) is 11.8 Å². The molecule has 4 nitrogen and oxygen atoms in total. The summed E-state index contributed by atoms with van der Waals surface area (Å²) in [6.45, 7) is 5.09. The Balaban J connectivity index is 1.83. The van der Waals surface area contributed by atoms with Crippen LogP contribution in [-0.4, -0.2) is 35.1 Å². The molecule has 3 aromatic carbocycles. The molecule has 1 N–H and O–H groups in total. The molecule has 3 aromatic rings. The first kappa shape index (κ1) is 27.0. The number of amides is 2. The van der Waals surface area contributed by atoms with E-state index < -0.39 is 6.04 Å². The quantitative estimate of drug-likeness (QED) is 0.293. The smallest absolute Gasteiger partial charge is 0.243 e. The number of carbonyl (C=O) groups is 2. The van der Waals surface area contributed by atoms with Gasteiger partial charge in [0, 0.05) is 29.7 Å². The van der Waals surface area contributed by atoms with Crippen LogP contribution in [0.5, 0.6) is 0 Å². The van der Waals surface area contributed by atoms with Gasteiger partial charge in [-0.25, -0.2) is 0 Å². The van der Waals surface area contributed by atoms with Gasteiger partial charge in [-0.05, 0) is 47.7 Å². The molecule has 0 aliphatic carbocycles. The second-order valence-electron chi connectivity index (χ2n) is 8.56. The van der Waals surface area contributed by atoms with Crippen LogP contribution in [-0.2, 0) is 28.3 Å². The third-order valence-electron chi connectivity index (χ3n) is 5.83. The van der Waals surface area contributed by atoms with Crippen molar-refractivity contribution >= 4 is 39.5 Å². The number of halogens is 1. The Morgan fingerprint density at radius 1 is 0.943 bits per heavy atom. The molecule has 0 saturated heterocycles. The van der Waals surface area contributed by atoms with Gasteiger partial charge in [0.15, 0.2) is 0 Å². The number of nitrogens with zero attached hydrogens (tertiary/aromatic N) is 1. The van der Waals surface area contributed by atoms with E-state index in [1.165, 1.54) is 11.1 Å². The Kier molecular flexibility index (Phi) is 10.9. The molecule has 2 amide bonds. The minimum Gasteiger partial charge on any atom is -0.354 e. The molecule has 0 unspecified atom stereocenters. The number of rotatable bonds is 12. The Morgan fingerprint density at radius 3 is 2.31 bits per heavy atom. The van der Waals surface area contributed by atoms with Crippen LogP contribution in [0.15, 0.2) is 83.3 Å². The maximum Gasteiger partial charge on any atom is 0.243 e. The molecule has 0 aliphatic heterocycles. The Bertz CT molecular complexity index is 1090. The van der Waals surface area contributed by atoms with E-state index in [1.54, 1.807) is 16.7 Å². The molecular weight excluding hydrogens is 520 g/mol. The molecule has 0 saturated carbocycles. The number of aryl methyl sites for hydroxylation is 1. The summed E-state index contributed by atoms with van der Waals surface area (Å²) in [7, 11) is 0. The number of hydrogen-bond acceptors (Lipinski definition) is 3. The van der Waals surface area contributed by atoms with Gasteiger partial charge >= 0.3 is 0 Å². The van der Waals surface area contributed by atoms with Gasteiger partial charge in [-0.2, -0.15) is 0 Å². The van der Waals surface area contributed by atoms with Gasteiger partial charge in [0.25, 0.3) is 0 Å². The molecule has 1 atom stereocenters. The van der Waals surface area contributed by atoms with Gasteiger partial charge in [0.1, 0.15) is 6.04 Å². The molecule has 35 heavy (non-hydrogen) atoms. The zero-order valence-corrected chi connectivity index (χ0v) is 22.8. The highest BCUT2D eigenvalue weighted by atomic mass is 79.9. The van der Waals surface area contributed by atoms with Gasteiger partial charge in [0.2, 0.25) is 11.8 Å². The lowest BCUT2D eigenvalue weighted by Gasteiger charge is -2.31. The van der Waals surface area contributed by atoms with Crippen molar-refractivity contribution in [3.8, 4) is 0 Å². The molecule has 6 heteroatoms. The first-order valence-corrected chi connectivity index (χ1v) is 13.9. The minimum absolute atomic E-state index is 0.0286. The fourth-order valence-corrected chi connectivity index (χ4v) is 5.06. The Hall–Kier alpha value is -2.57. The van der Waals surface area contributed by atoms with Gasteiger partial charge in [0.05, 0.1) is 5.75 Å². The van der Waals surface area contributed by atoms with Crippen LogP contribution in [0.2, 0.25) is 0 Å². The van der Waals surface area contributed by atoms with Crippen molar-refractivity contribution in [3.05, 3.63) is 106 Å². The van der Waals surface area contributed by atoms with E-state index in [1.807, 2.05) is 73.7 Å². The zero-order valence-electron chi connectivity index (χ0n) is 20.4. The van der Waals surface area contributed by atoms with Crippen molar-refractivity contribution in [1.29, 1.82) is 0 Å². The molecule has 0 aliphatic rings. The van der Waals surface area contributed by atoms with Crippen LogP contribution in [0, 0.1) is 6.92 Å². The summed E-state index contributed by atoms with van der Waals surface area (Å²) >= 11 is 5.07. The summed E-state index contributed by atoms with van der Waals surface area (Å²) in [5, 5.41) is 3.03. The second kappa shape index (κ2) is 14.1. The van der Waals surface area contributed by atoms with Crippen molar-refractivity contribution in [2.24, 2.45) is 0 Å². The number of benzene rings is 3. The maximum atomic E-state index is 13.6.